The van der Waals surface area contributed by atoms with Crippen molar-refractivity contribution in [3.63, 3.8) is 0 Å². The molecule has 3 nitrogen and oxygen atoms in total. The molecule has 1 fully saturated rings. The van der Waals surface area contributed by atoms with Crippen LogP contribution in [-0.4, -0.2) is 35.9 Å². The van der Waals surface area contributed by atoms with Gasteiger partial charge in [0.25, 0.3) is 0 Å². The summed E-state index contributed by atoms with van der Waals surface area (Å²) in [5.74, 6) is -0.851. The summed E-state index contributed by atoms with van der Waals surface area (Å²) >= 11 is 0. The van der Waals surface area contributed by atoms with E-state index in [2.05, 4.69) is 0 Å². The van der Waals surface area contributed by atoms with Crippen molar-refractivity contribution in [3.05, 3.63) is 0 Å². The topological polar surface area (TPSA) is 38.7 Å². The predicted octanol–water partition coefficient (Wildman–Crippen LogP) is 1.45. The van der Waals surface area contributed by atoms with Gasteiger partial charge in [0.2, 0.25) is 0 Å². The zero-order valence-corrected chi connectivity index (χ0v) is 7.97. The molecule has 14 heavy (non-hydrogen) atoms. The van der Waals surface area contributed by atoms with Crippen LogP contribution in [-0.2, 0) is 9.47 Å². The molecule has 0 radical (unpaired) electrons. The zero-order valence-electron chi connectivity index (χ0n) is 7.97. The minimum atomic E-state index is -4.59. The summed E-state index contributed by atoms with van der Waals surface area (Å²) in [4.78, 5) is 0. The minimum Gasteiger partial charge on any atom is -0.384 e. The van der Waals surface area contributed by atoms with Gasteiger partial charge in [0.15, 0.2) is 11.9 Å². The van der Waals surface area contributed by atoms with E-state index in [0.717, 1.165) is 0 Å². The molecule has 1 saturated heterocycles. The summed E-state index contributed by atoms with van der Waals surface area (Å²) in [6.45, 7) is 3.32. The third-order valence-corrected chi connectivity index (χ3v) is 1.93. The summed E-state index contributed by atoms with van der Waals surface area (Å²) in [6, 6.07) is 0. The maximum atomic E-state index is 11.9. The van der Waals surface area contributed by atoms with Gasteiger partial charge in [-0.15, -0.1) is 0 Å². The fourth-order valence-corrected chi connectivity index (χ4v) is 1.26. The van der Waals surface area contributed by atoms with Gasteiger partial charge in [-0.05, 0) is 13.8 Å². The average Bonchev–Trinajstić information content (AvgIpc) is 2.28. The quantitative estimate of drug-likeness (QED) is 0.756. The van der Waals surface area contributed by atoms with Crippen LogP contribution in [0.3, 0.4) is 0 Å². The molecule has 0 aromatic carbocycles. The van der Waals surface area contributed by atoms with Gasteiger partial charge in [0.1, 0.15) is 0 Å². The van der Waals surface area contributed by atoms with E-state index >= 15 is 0 Å². The molecule has 0 aromatic rings. The molecule has 1 rings (SSSR count). The van der Waals surface area contributed by atoms with E-state index in [1.807, 2.05) is 0 Å². The normalized spacial score (nSPS) is 29.1. The number of alkyl halides is 3. The van der Waals surface area contributed by atoms with Gasteiger partial charge in [-0.1, -0.05) is 0 Å². The van der Waals surface area contributed by atoms with E-state index < -0.39 is 30.6 Å². The summed E-state index contributed by atoms with van der Waals surface area (Å²) in [6.07, 6.45) is -8.10. The van der Waals surface area contributed by atoms with Gasteiger partial charge >= 0.3 is 6.18 Å². The Bertz CT molecular complexity index is 202. The molecule has 2 unspecified atom stereocenters. The van der Waals surface area contributed by atoms with Gasteiger partial charge in [0.05, 0.1) is 12.7 Å². The number of hydrogen-bond donors (Lipinski definition) is 1. The van der Waals surface area contributed by atoms with Crippen LogP contribution in [0, 0.1) is 0 Å². The third kappa shape index (κ3) is 3.11. The van der Waals surface area contributed by atoms with Gasteiger partial charge in [-0.3, -0.25) is 0 Å². The van der Waals surface area contributed by atoms with Gasteiger partial charge < -0.3 is 14.6 Å². The first-order chi connectivity index (χ1) is 6.21. The number of ether oxygens (including phenoxy) is 2. The van der Waals surface area contributed by atoms with Crippen molar-refractivity contribution in [2.75, 3.05) is 6.61 Å². The Hall–Kier alpha value is -0.330. The van der Waals surface area contributed by atoms with E-state index in [1.165, 1.54) is 0 Å². The van der Waals surface area contributed by atoms with Crippen LogP contribution < -0.4 is 0 Å². The Labute approximate surface area is 79.8 Å². The van der Waals surface area contributed by atoms with Crippen LogP contribution in [0.4, 0.5) is 13.2 Å². The number of halogens is 3. The molecular weight excluding hydrogens is 201 g/mol. The maximum absolute atomic E-state index is 11.9. The molecule has 0 amide bonds. The van der Waals surface area contributed by atoms with E-state index in [0.29, 0.717) is 0 Å². The first-order valence-electron chi connectivity index (χ1n) is 4.27. The molecule has 2 atom stereocenters. The summed E-state index contributed by atoms with van der Waals surface area (Å²) < 4.78 is 46.0. The molecule has 0 aromatic heterocycles. The van der Waals surface area contributed by atoms with Crippen LogP contribution in [0.1, 0.15) is 20.3 Å². The molecule has 0 aliphatic carbocycles. The van der Waals surface area contributed by atoms with E-state index in [1.54, 1.807) is 13.8 Å². The Balaban J connectivity index is 2.40. The summed E-state index contributed by atoms with van der Waals surface area (Å²) in [7, 11) is 0. The maximum Gasteiger partial charge on any atom is 0.414 e. The van der Waals surface area contributed by atoms with Crippen molar-refractivity contribution >= 4 is 0 Å². The van der Waals surface area contributed by atoms with Crippen molar-refractivity contribution in [3.8, 4) is 0 Å². The Morgan fingerprint density at radius 3 is 2.43 bits per heavy atom. The number of hydrogen-bond acceptors (Lipinski definition) is 3. The number of aliphatic hydroxyl groups excluding tert-OH is 1. The van der Waals surface area contributed by atoms with Crippen molar-refractivity contribution < 1.29 is 27.8 Å². The SMILES string of the molecule is CC1(C)OCC(CC(O)C(F)(F)F)O1. The summed E-state index contributed by atoms with van der Waals surface area (Å²) in [5, 5.41) is 8.76. The second-order valence-corrected chi connectivity index (χ2v) is 3.74. The molecule has 1 N–H and O–H groups in total. The molecule has 6 heteroatoms. The van der Waals surface area contributed by atoms with E-state index in [4.69, 9.17) is 14.6 Å². The standard InChI is InChI=1S/C8H13F3O3/c1-7(2)13-4-5(14-7)3-6(12)8(9,10)11/h5-6,12H,3-4H2,1-2H3. The highest BCUT2D eigenvalue weighted by Crippen LogP contribution is 2.29. The number of rotatable bonds is 2. The lowest BCUT2D eigenvalue weighted by Crippen LogP contribution is -2.33. The van der Waals surface area contributed by atoms with Crippen LogP contribution >= 0.6 is 0 Å². The van der Waals surface area contributed by atoms with Gasteiger partial charge in [-0.25, -0.2) is 0 Å². The second-order valence-electron chi connectivity index (χ2n) is 3.74. The summed E-state index contributed by atoms with van der Waals surface area (Å²) in [5.41, 5.74) is 0. The van der Waals surface area contributed by atoms with Crippen molar-refractivity contribution in [1.29, 1.82) is 0 Å². The molecule has 1 aliphatic rings. The Kier molecular flexibility index (Phi) is 3.08. The Morgan fingerprint density at radius 2 is 2.07 bits per heavy atom. The minimum absolute atomic E-state index is 0.0835. The molecule has 0 spiro atoms. The lowest BCUT2D eigenvalue weighted by Gasteiger charge is -2.20. The molecule has 84 valence electrons. The van der Waals surface area contributed by atoms with Gasteiger partial charge in [0, 0.05) is 6.42 Å². The first kappa shape index (κ1) is 11.7. The fraction of sp³-hybridized carbons (Fsp3) is 1.00. The second kappa shape index (κ2) is 3.67. The molecule has 1 aliphatic heterocycles. The smallest absolute Gasteiger partial charge is 0.384 e. The highest BCUT2D eigenvalue weighted by atomic mass is 19.4. The molecule has 1 heterocycles. The molecular formula is C8H13F3O3. The monoisotopic (exact) mass is 214 g/mol. The first-order valence-corrected chi connectivity index (χ1v) is 4.27. The van der Waals surface area contributed by atoms with Gasteiger partial charge in [-0.2, -0.15) is 13.2 Å². The lowest BCUT2D eigenvalue weighted by molar-refractivity contribution is -0.215. The van der Waals surface area contributed by atoms with E-state index in [-0.39, 0.29) is 6.61 Å². The molecule has 0 bridgehead atoms. The highest BCUT2D eigenvalue weighted by Gasteiger charge is 2.42. The Morgan fingerprint density at radius 1 is 1.50 bits per heavy atom. The largest absolute Gasteiger partial charge is 0.414 e. The highest BCUT2D eigenvalue weighted by molar-refractivity contribution is 4.76. The van der Waals surface area contributed by atoms with E-state index in [9.17, 15) is 13.2 Å². The van der Waals surface area contributed by atoms with Crippen molar-refractivity contribution in [2.45, 2.75) is 44.4 Å². The lowest BCUT2D eigenvalue weighted by atomic mass is 10.1. The third-order valence-electron chi connectivity index (χ3n) is 1.93. The van der Waals surface area contributed by atoms with Crippen molar-refractivity contribution in [1.82, 2.24) is 0 Å². The fourth-order valence-electron chi connectivity index (χ4n) is 1.26. The van der Waals surface area contributed by atoms with Crippen LogP contribution in [0.5, 0.6) is 0 Å². The van der Waals surface area contributed by atoms with Crippen LogP contribution in [0.2, 0.25) is 0 Å². The van der Waals surface area contributed by atoms with Crippen LogP contribution in [0.15, 0.2) is 0 Å². The zero-order chi connectivity index (χ0) is 11.0. The average molecular weight is 214 g/mol. The number of aliphatic hydroxyl groups is 1. The van der Waals surface area contributed by atoms with Crippen LogP contribution in [0.25, 0.3) is 0 Å². The molecule has 0 saturated carbocycles. The van der Waals surface area contributed by atoms with Crippen molar-refractivity contribution in [2.24, 2.45) is 0 Å². The predicted molar refractivity (Wildman–Crippen MR) is 41.6 cm³/mol.